The third-order valence-corrected chi connectivity index (χ3v) is 3.35. The van der Waals surface area contributed by atoms with Crippen LogP contribution in [0.1, 0.15) is 18.9 Å². The average Bonchev–Trinajstić information content (AvgIpc) is 2.91. The Labute approximate surface area is 124 Å². The molecular weight excluding hydrogens is 272 g/mol. The summed E-state index contributed by atoms with van der Waals surface area (Å²) in [6.07, 6.45) is 0.395. The maximum Gasteiger partial charge on any atom is 0.267 e. The predicted octanol–water partition coefficient (Wildman–Crippen LogP) is 1.34. The van der Waals surface area contributed by atoms with Crippen molar-refractivity contribution in [3.63, 3.8) is 0 Å². The van der Waals surface area contributed by atoms with E-state index in [1.54, 1.807) is 21.1 Å². The molecule has 0 spiro atoms. The summed E-state index contributed by atoms with van der Waals surface area (Å²) >= 11 is 0. The fourth-order valence-corrected chi connectivity index (χ4v) is 2.14. The number of carbonyl (C=O) groups is 1. The molecule has 0 fully saturated rings. The summed E-state index contributed by atoms with van der Waals surface area (Å²) in [5.41, 5.74) is 0.550. The molecular formula is C15H20N2O4. The van der Waals surface area contributed by atoms with Crippen molar-refractivity contribution < 1.29 is 19.1 Å². The second-order valence-corrected chi connectivity index (χ2v) is 4.99. The highest BCUT2D eigenvalue weighted by Crippen LogP contribution is 2.30. The lowest BCUT2D eigenvalue weighted by atomic mass is 9.94. The van der Waals surface area contributed by atoms with Crippen molar-refractivity contribution in [3.05, 3.63) is 29.8 Å². The van der Waals surface area contributed by atoms with Crippen molar-refractivity contribution in [1.29, 1.82) is 0 Å². The van der Waals surface area contributed by atoms with E-state index in [1.807, 2.05) is 24.3 Å². The van der Waals surface area contributed by atoms with Crippen LogP contribution in [0.15, 0.2) is 29.4 Å². The number of amides is 1. The van der Waals surface area contributed by atoms with Gasteiger partial charge in [0.2, 0.25) is 5.60 Å². The van der Waals surface area contributed by atoms with Crippen molar-refractivity contribution in [3.8, 4) is 5.75 Å². The van der Waals surface area contributed by atoms with Crippen molar-refractivity contribution in [1.82, 2.24) is 5.32 Å². The molecule has 0 radical (unpaired) electrons. The molecule has 1 aliphatic heterocycles. The molecule has 0 bridgehead atoms. The highest BCUT2D eigenvalue weighted by Gasteiger charge is 2.42. The fourth-order valence-electron chi connectivity index (χ4n) is 2.14. The summed E-state index contributed by atoms with van der Waals surface area (Å²) in [6, 6.07) is 7.53. The van der Waals surface area contributed by atoms with Gasteiger partial charge in [-0.3, -0.25) is 4.79 Å². The first-order valence-corrected chi connectivity index (χ1v) is 6.76. The van der Waals surface area contributed by atoms with Gasteiger partial charge in [-0.05, 0) is 19.1 Å². The Hall–Kier alpha value is -2.08. The molecule has 1 atom stereocenters. The summed E-state index contributed by atoms with van der Waals surface area (Å²) in [5.74, 6) is 0.511. The van der Waals surface area contributed by atoms with Crippen LogP contribution in [-0.2, 0) is 14.4 Å². The van der Waals surface area contributed by atoms with Gasteiger partial charge >= 0.3 is 0 Å². The molecule has 1 amide bonds. The summed E-state index contributed by atoms with van der Waals surface area (Å²) in [5, 5.41) is 6.83. The van der Waals surface area contributed by atoms with Crippen LogP contribution in [0.4, 0.5) is 0 Å². The Balaban J connectivity index is 2.06. The van der Waals surface area contributed by atoms with Gasteiger partial charge in [-0.1, -0.05) is 17.3 Å². The number of ether oxygens (including phenoxy) is 2. The number of methoxy groups -OCH3 is 2. The molecule has 1 N–H and O–H groups in total. The summed E-state index contributed by atoms with van der Waals surface area (Å²) in [4.78, 5) is 17.6. The van der Waals surface area contributed by atoms with Crippen molar-refractivity contribution in [2.24, 2.45) is 5.16 Å². The van der Waals surface area contributed by atoms with Crippen LogP contribution in [0.2, 0.25) is 0 Å². The van der Waals surface area contributed by atoms with Crippen LogP contribution in [0.5, 0.6) is 5.75 Å². The lowest BCUT2D eigenvalue weighted by Crippen LogP contribution is -2.45. The first-order valence-electron chi connectivity index (χ1n) is 6.76. The fraction of sp³-hybridized carbons (Fsp3) is 0.467. The van der Waals surface area contributed by atoms with E-state index >= 15 is 0 Å². The maximum atomic E-state index is 12.2. The van der Waals surface area contributed by atoms with Crippen LogP contribution in [0, 0.1) is 0 Å². The van der Waals surface area contributed by atoms with E-state index in [-0.39, 0.29) is 5.91 Å². The molecule has 1 aliphatic rings. The first kappa shape index (κ1) is 15.3. The molecule has 2 rings (SSSR count). The molecule has 114 valence electrons. The Morgan fingerprint density at radius 3 is 2.90 bits per heavy atom. The molecule has 0 unspecified atom stereocenters. The Morgan fingerprint density at radius 2 is 2.19 bits per heavy atom. The van der Waals surface area contributed by atoms with Gasteiger partial charge in [0.1, 0.15) is 5.75 Å². The van der Waals surface area contributed by atoms with E-state index < -0.39 is 5.60 Å². The largest absolute Gasteiger partial charge is 0.496 e. The quantitative estimate of drug-likeness (QED) is 0.803. The van der Waals surface area contributed by atoms with Crippen molar-refractivity contribution >= 4 is 11.6 Å². The van der Waals surface area contributed by atoms with E-state index in [2.05, 4.69) is 10.5 Å². The number of para-hydroxylation sites is 1. The van der Waals surface area contributed by atoms with E-state index in [0.29, 0.717) is 31.0 Å². The van der Waals surface area contributed by atoms with Gasteiger partial charge in [0, 0.05) is 25.6 Å². The standard InChI is InChI=1S/C15H20N2O4/c1-15(14(18)16-8-9-19-2)10-12(17-21-15)11-6-4-5-7-13(11)20-3/h4-7H,8-10H2,1-3H3,(H,16,18)/t15-/m0/s1. The van der Waals surface area contributed by atoms with E-state index in [1.165, 1.54) is 0 Å². The SMILES string of the molecule is COCCNC(=O)[C@]1(C)CC(c2ccccc2OC)=NO1. The third-order valence-electron chi connectivity index (χ3n) is 3.35. The molecule has 6 nitrogen and oxygen atoms in total. The second-order valence-electron chi connectivity index (χ2n) is 4.99. The maximum absolute atomic E-state index is 12.2. The van der Waals surface area contributed by atoms with Gasteiger partial charge in [-0.15, -0.1) is 0 Å². The number of oxime groups is 1. The Morgan fingerprint density at radius 1 is 1.43 bits per heavy atom. The molecule has 0 aromatic heterocycles. The zero-order valence-electron chi connectivity index (χ0n) is 12.5. The normalized spacial score (nSPS) is 20.6. The van der Waals surface area contributed by atoms with E-state index in [4.69, 9.17) is 14.3 Å². The molecule has 1 heterocycles. The smallest absolute Gasteiger partial charge is 0.267 e. The van der Waals surface area contributed by atoms with E-state index in [0.717, 1.165) is 5.56 Å². The van der Waals surface area contributed by atoms with Gasteiger partial charge < -0.3 is 19.6 Å². The highest BCUT2D eigenvalue weighted by atomic mass is 16.7. The van der Waals surface area contributed by atoms with Gasteiger partial charge in [-0.2, -0.15) is 0 Å². The molecule has 1 aromatic rings. The highest BCUT2D eigenvalue weighted by molar-refractivity contribution is 6.07. The zero-order valence-corrected chi connectivity index (χ0v) is 12.5. The average molecular weight is 292 g/mol. The summed E-state index contributed by atoms with van der Waals surface area (Å²) < 4.78 is 10.2. The van der Waals surface area contributed by atoms with Gasteiger partial charge in [0.25, 0.3) is 5.91 Å². The minimum Gasteiger partial charge on any atom is -0.496 e. The Kier molecular flexibility index (Phi) is 4.80. The molecule has 1 aromatic carbocycles. The van der Waals surface area contributed by atoms with Crippen LogP contribution in [0.3, 0.4) is 0 Å². The van der Waals surface area contributed by atoms with Crippen LogP contribution in [-0.4, -0.2) is 44.6 Å². The lowest BCUT2D eigenvalue weighted by molar-refractivity contribution is -0.141. The first-order chi connectivity index (χ1) is 10.1. The number of carbonyl (C=O) groups excluding carboxylic acids is 1. The number of rotatable bonds is 6. The third kappa shape index (κ3) is 3.33. The second kappa shape index (κ2) is 6.58. The molecule has 21 heavy (non-hydrogen) atoms. The van der Waals surface area contributed by atoms with Crippen molar-refractivity contribution in [2.75, 3.05) is 27.4 Å². The minimum absolute atomic E-state index is 0.201. The number of nitrogens with one attached hydrogen (secondary N) is 1. The van der Waals surface area contributed by atoms with Crippen molar-refractivity contribution in [2.45, 2.75) is 18.9 Å². The van der Waals surface area contributed by atoms with Crippen LogP contribution < -0.4 is 10.1 Å². The topological polar surface area (TPSA) is 69.2 Å². The molecule has 6 heteroatoms. The van der Waals surface area contributed by atoms with Gasteiger partial charge in [0.05, 0.1) is 19.4 Å². The predicted molar refractivity (Wildman–Crippen MR) is 78.5 cm³/mol. The lowest BCUT2D eigenvalue weighted by Gasteiger charge is -2.20. The molecule has 0 saturated heterocycles. The zero-order chi connectivity index (χ0) is 15.3. The van der Waals surface area contributed by atoms with E-state index in [9.17, 15) is 4.79 Å². The molecule has 0 aliphatic carbocycles. The number of hydrogen-bond donors (Lipinski definition) is 1. The number of hydrogen-bond acceptors (Lipinski definition) is 5. The van der Waals surface area contributed by atoms with Crippen LogP contribution >= 0.6 is 0 Å². The van der Waals surface area contributed by atoms with Gasteiger partial charge in [0.15, 0.2) is 0 Å². The Bertz CT molecular complexity index is 544. The minimum atomic E-state index is -0.996. The van der Waals surface area contributed by atoms with Gasteiger partial charge in [-0.25, -0.2) is 0 Å². The van der Waals surface area contributed by atoms with Crippen LogP contribution in [0.25, 0.3) is 0 Å². The summed E-state index contributed by atoms with van der Waals surface area (Å²) in [6.45, 7) is 2.63. The summed E-state index contributed by atoms with van der Waals surface area (Å²) in [7, 11) is 3.19. The molecule has 0 saturated carbocycles. The number of nitrogens with zero attached hydrogens (tertiary/aromatic N) is 1. The monoisotopic (exact) mass is 292 g/mol. The number of benzene rings is 1.